The molecule has 0 radical (unpaired) electrons. The van der Waals surface area contributed by atoms with Crippen molar-refractivity contribution in [1.82, 2.24) is 5.32 Å². The number of rotatable bonds is 7. The van der Waals surface area contributed by atoms with Crippen molar-refractivity contribution in [1.29, 1.82) is 0 Å². The maximum atomic E-state index is 10.7. The van der Waals surface area contributed by atoms with Gasteiger partial charge in [0.25, 0.3) is 5.69 Å². The number of nitro benzene ring substituents is 1. The average Bonchev–Trinajstić information content (AvgIpc) is 2.93. The fourth-order valence-corrected chi connectivity index (χ4v) is 3.03. The molecule has 0 aliphatic heterocycles. The molecule has 4 nitrogen and oxygen atoms in total. The number of nitrogens with zero attached hydrogens (tertiary/aromatic N) is 1. The van der Waals surface area contributed by atoms with E-state index < -0.39 is 0 Å². The van der Waals surface area contributed by atoms with E-state index in [2.05, 4.69) is 5.32 Å². The number of non-ortho nitro benzene ring substituents is 1. The van der Waals surface area contributed by atoms with Crippen LogP contribution in [0.2, 0.25) is 5.02 Å². The number of hydrogen-bond donors (Lipinski definition) is 1. The Bertz CT molecular complexity index is 459. The molecule has 0 amide bonds. The summed E-state index contributed by atoms with van der Waals surface area (Å²) in [6.45, 7) is 1.53. The van der Waals surface area contributed by atoms with Crippen molar-refractivity contribution in [2.75, 3.05) is 6.54 Å². The van der Waals surface area contributed by atoms with Crippen molar-refractivity contribution in [3.8, 4) is 0 Å². The zero-order chi connectivity index (χ0) is 14.4. The minimum atomic E-state index is -0.389. The number of nitrogens with one attached hydrogen (secondary N) is 1. The molecule has 0 heterocycles. The van der Waals surface area contributed by atoms with Gasteiger partial charge in [-0.2, -0.15) is 0 Å². The molecule has 0 atom stereocenters. The predicted molar refractivity (Wildman–Crippen MR) is 81.0 cm³/mol. The summed E-state index contributed by atoms with van der Waals surface area (Å²) in [7, 11) is 0. The summed E-state index contributed by atoms with van der Waals surface area (Å²) in [5.74, 6) is 0.915. The smallest absolute Gasteiger partial charge is 0.269 e. The average molecular weight is 297 g/mol. The molecule has 1 saturated carbocycles. The van der Waals surface area contributed by atoms with Gasteiger partial charge in [0.05, 0.1) is 4.92 Å². The molecule has 1 aromatic rings. The summed E-state index contributed by atoms with van der Waals surface area (Å²) in [5.41, 5.74) is 0.888. The Labute approximate surface area is 124 Å². The third-order valence-electron chi connectivity index (χ3n) is 4.00. The zero-order valence-electron chi connectivity index (χ0n) is 11.6. The second-order valence-electron chi connectivity index (χ2n) is 5.50. The highest BCUT2D eigenvalue weighted by atomic mass is 35.5. The molecule has 0 bridgehead atoms. The van der Waals surface area contributed by atoms with Gasteiger partial charge in [-0.15, -0.1) is 0 Å². The molecule has 110 valence electrons. The molecule has 20 heavy (non-hydrogen) atoms. The molecule has 1 aromatic carbocycles. The monoisotopic (exact) mass is 296 g/mol. The third-order valence-corrected chi connectivity index (χ3v) is 4.36. The van der Waals surface area contributed by atoms with E-state index in [0.717, 1.165) is 24.4 Å². The summed E-state index contributed by atoms with van der Waals surface area (Å²) >= 11 is 6.05. The fourth-order valence-electron chi connectivity index (χ4n) is 2.85. The quantitative estimate of drug-likeness (QED) is 0.463. The van der Waals surface area contributed by atoms with Crippen LogP contribution in [0.1, 0.15) is 44.1 Å². The molecule has 1 aliphatic carbocycles. The van der Waals surface area contributed by atoms with Gasteiger partial charge in [0.15, 0.2) is 0 Å². The molecule has 0 saturated heterocycles. The van der Waals surface area contributed by atoms with Gasteiger partial charge in [-0.1, -0.05) is 37.3 Å². The van der Waals surface area contributed by atoms with Crippen LogP contribution in [0, 0.1) is 16.0 Å². The highest BCUT2D eigenvalue weighted by molar-refractivity contribution is 6.31. The van der Waals surface area contributed by atoms with Crippen molar-refractivity contribution in [3.63, 3.8) is 0 Å². The normalized spacial score (nSPS) is 15.7. The van der Waals surface area contributed by atoms with Crippen LogP contribution in [0.4, 0.5) is 5.69 Å². The lowest BCUT2D eigenvalue weighted by Gasteiger charge is -2.10. The van der Waals surface area contributed by atoms with E-state index in [4.69, 9.17) is 11.6 Å². The Hall–Kier alpha value is -1.13. The largest absolute Gasteiger partial charge is 0.313 e. The molecule has 1 aliphatic rings. The first-order valence-corrected chi connectivity index (χ1v) is 7.68. The highest BCUT2D eigenvalue weighted by Gasteiger charge is 2.14. The van der Waals surface area contributed by atoms with Crippen molar-refractivity contribution in [2.45, 2.75) is 45.1 Å². The van der Waals surface area contributed by atoms with Gasteiger partial charge in [-0.3, -0.25) is 10.1 Å². The topological polar surface area (TPSA) is 55.2 Å². The highest BCUT2D eigenvalue weighted by Crippen LogP contribution is 2.28. The first-order chi connectivity index (χ1) is 9.66. The number of nitro groups is 1. The molecule has 0 aromatic heterocycles. The van der Waals surface area contributed by atoms with Crippen molar-refractivity contribution in [2.24, 2.45) is 5.92 Å². The predicted octanol–water partition coefficient (Wildman–Crippen LogP) is 4.31. The molecule has 0 spiro atoms. The number of benzene rings is 1. The first kappa shape index (κ1) is 15.3. The van der Waals surface area contributed by atoms with Crippen LogP contribution in [0.5, 0.6) is 0 Å². The minimum absolute atomic E-state index is 0.0946. The van der Waals surface area contributed by atoms with Gasteiger partial charge in [0.2, 0.25) is 0 Å². The lowest BCUT2D eigenvalue weighted by atomic mass is 10.0. The van der Waals surface area contributed by atoms with Crippen LogP contribution in [-0.2, 0) is 6.54 Å². The first-order valence-electron chi connectivity index (χ1n) is 7.30. The number of halogens is 1. The Morgan fingerprint density at radius 1 is 1.35 bits per heavy atom. The second kappa shape index (κ2) is 7.60. The Morgan fingerprint density at radius 2 is 2.10 bits per heavy atom. The van der Waals surface area contributed by atoms with Gasteiger partial charge >= 0.3 is 0 Å². The van der Waals surface area contributed by atoms with Crippen LogP contribution in [0.25, 0.3) is 0 Å². The van der Waals surface area contributed by atoms with Gasteiger partial charge < -0.3 is 5.32 Å². The van der Waals surface area contributed by atoms with Gasteiger partial charge in [-0.25, -0.2) is 0 Å². The molecular weight excluding hydrogens is 276 g/mol. The molecular formula is C15H21ClN2O2. The van der Waals surface area contributed by atoms with E-state index in [0.29, 0.717) is 11.6 Å². The molecule has 0 unspecified atom stereocenters. The Balaban J connectivity index is 1.72. The van der Waals surface area contributed by atoms with E-state index in [1.165, 1.54) is 38.2 Å². The Kier molecular flexibility index (Phi) is 5.80. The van der Waals surface area contributed by atoms with Crippen LogP contribution < -0.4 is 5.32 Å². The van der Waals surface area contributed by atoms with E-state index in [-0.39, 0.29) is 10.6 Å². The summed E-state index contributed by atoms with van der Waals surface area (Å²) in [6, 6.07) is 4.58. The van der Waals surface area contributed by atoms with E-state index in [1.807, 2.05) is 0 Å². The van der Waals surface area contributed by atoms with Gasteiger partial charge in [0.1, 0.15) is 0 Å². The Morgan fingerprint density at radius 3 is 2.80 bits per heavy atom. The van der Waals surface area contributed by atoms with E-state index in [9.17, 15) is 10.1 Å². The van der Waals surface area contributed by atoms with Gasteiger partial charge in [-0.05, 0) is 36.9 Å². The summed E-state index contributed by atoms with van der Waals surface area (Å²) < 4.78 is 0. The minimum Gasteiger partial charge on any atom is -0.313 e. The van der Waals surface area contributed by atoms with Crippen molar-refractivity contribution < 1.29 is 4.92 Å². The van der Waals surface area contributed by atoms with E-state index >= 15 is 0 Å². The number of hydrogen-bond acceptors (Lipinski definition) is 3. The summed E-state index contributed by atoms with van der Waals surface area (Å²) in [5, 5.41) is 14.6. The van der Waals surface area contributed by atoms with E-state index in [1.54, 1.807) is 12.1 Å². The van der Waals surface area contributed by atoms with Crippen molar-refractivity contribution >= 4 is 17.3 Å². The molecule has 1 N–H and O–H groups in total. The van der Waals surface area contributed by atoms with Gasteiger partial charge in [0, 0.05) is 23.7 Å². The van der Waals surface area contributed by atoms with Crippen LogP contribution in [-0.4, -0.2) is 11.5 Å². The maximum Gasteiger partial charge on any atom is 0.269 e. The van der Waals surface area contributed by atoms with Crippen LogP contribution >= 0.6 is 11.6 Å². The fraction of sp³-hybridized carbons (Fsp3) is 0.600. The lowest BCUT2D eigenvalue weighted by molar-refractivity contribution is -0.384. The van der Waals surface area contributed by atoms with Crippen LogP contribution in [0.3, 0.4) is 0 Å². The standard InChI is InChI=1S/C15H21ClN2O2/c16-15-8-7-14(18(19)20)10-13(15)11-17-9-3-6-12-4-1-2-5-12/h7-8,10,12,17H,1-6,9,11H2. The lowest BCUT2D eigenvalue weighted by Crippen LogP contribution is -2.15. The maximum absolute atomic E-state index is 10.7. The zero-order valence-corrected chi connectivity index (χ0v) is 12.4. The van der Waals surface area contributed by atoms with Crippen molar-refractivity contribution in [3.05, 3.63) is 38.9 Å². The summed E-state index contributed by atoms with van der Waals surface area (Å²) in [6.07, 6.45) is 8.00. The molecule has 1 fully saturated rings. The second-order valence-corrected chi connectivity index (χ2v) is 5.91. The van der Waals surface area contributed by atoms with Crippen LogP contribution in [0.15, 0.2) is 18.2 Å². The molecule has 2 rings (SSSR count). The third kappa shape index (κ3) is 4.46. The summed E-state index contributed by atoms with van der Waals surface area (Å²) in [4.78, 5) is 10.3. The molecule has 5 heteroatoms. The SMILES string of the molecule is O=[N+]([O-])c1ccc(Cl)c(CNCCCC2CCCC2)c1.